The summed E-state index contributed by atoms with van der Waals surface area (Å²) in [5.74, 6) is -0.173. The van der Waals surface area contributed by atoms with E-state index in [2.05, 4.69) is 5.32 Å². The third-order valence-electron chi connectivity index (χ3n) is 2.76. The average Bonchev–Trinajstić information content (AvgIpc) is 2.92. The number of carbonyl (C=O) groups is 2. The SMILES string of the molecule is CC(C)(C)OC(=O)NC(CCC1CC1)CC(=O)O. The Hall–Kier alpha value is -1.26. The number of aliphatic carboxylic acids is 1. The third kappa shape index (κ3) is 7.14. The summed E-state index contributed by atoms with van der Waals surface area (Å²) in [6.45, 7) is 5.34. The van der Waals surface area contributed by atoms with Crippen molar-refractivity contribution >= 4 is 12.1 Å². The van der Waals surface area contributed by atoms with Crippen LogP contribution >= 0.6 is 0 Å². The van der Waals surface area contributed by atoms with E-state index >= 15 is 0 Å². The van der Waals surface area contributed by atoms with Gasteiger partial charge in [-0.25, -0.2) is 4.79 Å². The lowest BCUT2D eigenvalue weighted by Crippen LogP contribution is -2.40. The summed E-state index contributed by atoms with van der Waals surface area (Å²) < 4.78 is 5.13. The van der Waals surface area contributed by atoms with Crippen molar-refractivity contribution in [3.63, 3.8) is 0 Å². The van der Waals surface area contributed by atoms with Gasteiger partial charge < -0.3 is 15.2 Å². The maximum absolute atomic E-state index is 11.6. The molecular weight excluding hydrogens is 234 g/mol. The maximum Gasteiger partial charge on any atom is 0.407 e. The first-order valence-corrected chi connectivity index (χ1v) is 6.47. The van der Waals surface area contributed by atoms with Gasteiger partial charge >= 0.3 is 12.1 Å². The van der Waals surface area contributed by atoms with Crippen LogP contribution in [0.25, 0.3) is 0 Å². The highest BCUT2D eigenvalue weighted by molar-refractivity contribution is 5.71. The minimum atomic E-state index is -0.896. The van der Waals surface area contributed by atoms with Gasteiger partial charge in [0.15, 0.2) is 0 Å². The fourth-order valence-corrected chi connectivity index (χ4v) is 1.75. The van der Waals surface area contributed by atoms with Gasteiger partial charge in [-0.3, -0.25) is 4.79 Å². The van der Waals surface area contributed by atoms with E-state index in [1.54, 1.807) is 20.8 Å². The van der Waals surface area contributed by atoms with Crippen LogP contribution in [0.1, 0.15) is 52.9 Å². The maximum atomic E-state index is 11.6. The molecule has 0 aromatic heterocycles. The van der Waals surface area contributed by atoms with Gasteiger partial charge in [-0.05, 0) is 39.5 Å². The van der Waals surface area contributed by atoms with Gasteiger partial charge in [-0.2, -0.15) is 0 Å². The van der Waals surface area contributed by atoms with Crippen LogP contribution in [-0.2, 0) is 9.53 Å². The van der Waals surface area contributed by atoms with Crippen LogP contribution in [0.2, 0.25) is 0 Å². The Bertz CT molecular complexity index is 305. The number of amides is 1. The largest absolute Gasteiger partial charge is 0.481 e. The molecule has 2 N–H and O–H groups in total. The van der Waals surface area contributed by atoms with Crippen LogP contribution < -0.4 is 5.32 Å². The van der Waals surface area contributed by atoms with Gasteiger partial charge in [0, 0.05) is 6.04 Å². The number of alkyl carbamates (subject to hydrolysis) is 1. The molecule has 1 fully saturated rings. The molecule has 0 aromatic rings. The summed E-state index contributed by atoms with van der Waals surface area (Å²) in [4.78, 5) is 22.3. The van der Waals surface area contributed by atoms with E-state index in [1.165, 1.54) is 12.8 Å². The summed E-state index contributed by atoms with van der Waals surface area (Å²) >= 11 is 0. The lowest BCUT2D eigenvalue weighted by Gasteiger charge is -2.23. The summed E-state index contributed by atoms with van der Waals surface area (Å²) in [5, 5.41) is 11.5. The van der Waals surface area contributed by atoms with Crippen molar-refractivity contribution in [2.24, 2.45) is 5.92 Å². The normalized spacial score (nSPS) is 17.1. The van der Waals surface area contributed by atoms with Gasteiger partial charge in [0.25, 0.3) is 0 Å². The minimum Gasteiger partial charge on any atom is -0.481 e. The van der Waals surface area contributed by atoms with E-state index in [1.807, 2.05) is 0 Å². The molecule has 18 heavy (non-hydrogen) atoms. The van der Waals surface area contributed by atoms with E-state index in [-0.39, 0.29) is 12.5 Å². The molecule has 104 valence electrons. The van der Waals surface area contributed by atoms with Crippen molar-refractivity contribution in [1.29, 1.82) is 0 Å². The van der Waals surface area contributed by atoms with Crippen molar-refractivity contribution in [3.05, 3.63) is 0 Å². The topological polar surface area (TPSA) is 75.6 Å². The van der Waals surface area contributed by atoms with Crippen molar-refractivity contribution in [1.82, 2.24) is 5.32 Å². The smallest absolute Gasteiger partial charge is 0.407 e. The van der Waals surface area contributed by atoms with Crippen LogP contribution in [0.5, 0.6) is 0 Å². The Labute approximate surface area is 108 Å². The molecule has 0 heterocycles. The Kier molecular flexibility index (Phi) is 4.99. The lowest BCUT2D eigenvalue weighted by molar-refractivity contribution is -0.137. The zero-order valence-corrected chi connectivity index (χ0v) is 11.4. The molecule has 0 spiro atoms. The van der Waals surface area contributed by atoms with Crippen LogP contribution in [0.15, 0.2) is 0 Å². The Morgan fingerprint density at radius 1 is 1.39 bits per heavy atom. The monoisotopic (exact) mass is 257 g/mol. The molecule has 5 heteroatoms. The second-order valence-electron chi connectivity index (χ2n) is 5.96. The molecule has 1 amide bonds. The fraction of sp³-hybridized carbons (Fsp3) is 0.846. The van der Waals surface area contributed by atoms with E-state index in [9.17, 15) is 9.59 Å². The zero-order valence-electron chi connectivity index (χ0n) is 11.4. The van der Waals surface area contributed by atoms with Crippen LogP contribution in [0.3, 0.4) is 0 Å². The summed E-state index contributed by atoms with van der Waals surface area (Å²) in [6.07, 6.45) is 3.55. The minimum absolute atomic E-state index is 0.0496. The number of hydrogen-bond donors (Lipinski definition) is 2. The molecule has 0 saturated heterocycles. The van der Waals surface area contributed by atoms with E-state index in [0.717, 1.165) is 12.3 Å². The van der Waals surface area contributed by atoms with Gasteiger partial charge in [0.05, 0.1) is 6.42 Å². The van der Waals surface area contributed by atoms with E-state index < -0.39 is 17.7 Å². The van der Waals surface area contributed by atoms with Crippen molar-refractivity contribution in [2.45, 2.75) is 64.5 Å². The van der Waals surface area contributed by atoms with Crippen LogP contribution in [0, 0.1) is 5.92 Å². The molecule has 1 aliphatic carbocycles. The number of carbonyl (C=O) groups excluding carboxylic acids is 1. The van der Waals surface area contributed by atoms with Crippen molar-refractivity contribution in [2.75, 3.05) is 0 Å². The fourth-order valence-electron chi connectivity index (χ4n) is 1.75. The number of carboxylic acid groups (broad SMARTS) is 1. The molecule has 1 unspecified atom stereocenters. The highest BCUT2D eigenvalue weighted by atomic mass is 16.6. The van der Waals surface area contributed by atoms with E-state index in [4.69, 9.17) is 9.84 Å². The molecule has 0 aromatic carbocycles. The number of hydrogen-bond acceptors (Lipinski definition) is 3. The molecule has 1 atom stereocenters. The Morgan fingerprint density at radius 2 is 2.00 bits per heavy atom. The number of carboxylic acids is 1. The predicted molar refractivity (Wildman–Crippen MR) is 67.4 cm³/mol. The number of rotatable bonds is 6. The Balaban J connectivity index is 2.37. The summed E-state index contributed by atoms with van der Waals surface area (Å²) in [5.41, 5.74) is -0.561. The quantitative estimate of drug-likeness (QED) is 0.766. The number of nitrogens with one attached hydrogen (secondary N) is 1. The van der Waals surface area contributed by atoms with Gasteiger partial charge in [0.2, 0.25) is 0 Å². The first-order valence-electron chi connectivity index (χ1n) is 6.47. The zero-order chi connectivity index (χ0) is 13.8. The number of ether oxygens (including phenoxy) is 1. The van der Waals surface area contributed by atoms with Crippen molar-refractivity contribution in [3.8, 4) is 0 Å². The van der Waals surface area contributed by atoms with E-state index in [0.29, 0.717) is 6.42 Å². The highest BCUT2D eigenvalue weighted by Gasteiger charge is 2.25. The highest BCUT2D eigenvalue weighted by Crippen LogP contribution is 2.34. The standard InChI is InChI=1S/C13H23NO4/c1-13(2,3)18-12(17)14-10(8-11(15)16)7-6-9-4-5-9/h9-10H,4-8H2,1-3H3,(H,14,17)(H,15,16). The van der Waals surface area contributed by atoms with Crippen molar-refractivity contribution < 1.29 is 19.4 Å². The second-order valence-corrected chi connectivity index (χ2v) is 5.96. The molecular formula is C13H23NO4. The molecule has 1 saturated carbocycles. The van der Waals surface area contributed by atoms with Gasteiger partial charge in [-0.1, -0.05) is 12.8 Å². The first-order chi connectivity index (χ1) is 8.26. The predicted octanol–water partition coefficient (Wildman–Crippen LogP) is 2.54. The molecule has 0 bridgehead atoms. The molecule has 1 aliphatic rings. The second kappa shape index (κ2) is 6.07. The Morgan fingerprint density at radius 3 is 2.44 bits per heavy atom. The van der Waals surface area contributed by atoms with Gasteiger partial charge in [-0.15, -0.1) is 0 Å². The average molecular weight is 257 g/mol. The summed E-state index contributed by atoms with van der Waals surface area (Å²) in [6, 6.07) is -0.335. The van der Waals surface area contributed by atoms with Crippen LogP contribution in [0.4, 0.5) is 4.79 Å². The molecule has 0 aliphatic heterocycles. The van der Waals surface area contributed by atoms with Gasteiger partial charge in [0.1, 0.15) is 5.60 Å². The molecule has 5 nitrogen and oxygen atoms in total. The summed E-state index contributed by atoms with van der Waals surface area (Å²) in [7, 11) is 0. The first kappa shape index (κ1) is 14.8. The third-order valence-corrected chi connectivity index (χ3v) is 2.76. The lowest BCUT2D eigenvalue weighted by atomic mass is 10.1. The molecule has 0 radical (unpaired) electrons. The van der Waals surface area contributed by atoms with Crippen LogP contribution in [-0.4, -0.2) is 28.8 Å². The molecule has 1 rings (SSSR count).